The smallest absolute Gasteiger partial charge is 0.243 e. The Morgan fingerprint density at radius 2 is 2.05 bits per heavy atom. The molecule has 1 aliphatic rings. The molecule has 9 heteroatoms. The van der Waals surface area contributed by atoms with Gasteiger partial charge in [-0.3, -0.25) is 0 Å². The summed E-state index contributed by atoms with van der Waals surface area (Å²) in [7, 11) is -4.04. The number of benzene rings is 1. The maximum atomic E-state index is 13.7. The predicted molar refractivity (Wildman–Crippen MR) is 86.7 cm³/mol. The maximum absolute atomic E-state index is 13.7. The van der Waals surface area contributed by atoms with Gasteiger partial charge in [-0.2, -0.15) is 0 Å². The summed E-state index contributed by atoms with van der Waals surface area (Å²) < 4.78 is 53.3. The number of piperidine rings is 1. The van der Waals surface area contributed by atoms with Crippen LogP contribution in [0.15, 0.2) is 21.5 Å². The van der Waals surface area contributed by atoms with Gasteiger partial charge in [0.05, 0.1) is 4.47 Å². The molecule has 0 spiro atoms. The van der Waals surface area contributed by atoms with Crippen LogP contribution in [0.2, 0.25) is 0 Å². The third-order valence-electron chi connectivity index (χ3n) is 3.51. The van der Waals surface area contributed by atoms with Crippen molar-refractivity contribution in [2.45, 2.75) is 24.2 Å². The van der Waals surface area contributed by atoms with Crippen molar-refractivity contribution in [3.05, 3.63) is 28.2 Å². The van der Waals surface area contributed by atoms with E-state index >= 15 is 0 Å². The fourth-order valence-electron chi connectivity index (χ4n) is 2.36. The fourth-order valence-corrected chi connectivity index (χ4v) is 3.79. The highest BCUT2D eigenvalue weighted by atomic mass is 79.9. The molecule has 0 aliphatic carbocycles. The van der Waals surface area contributed by atoms with Crippen molar-refractivity contribution in [1.82, 2.24) is 10.0 Å². The zero-order chi connectivity index (χ0) is 15.5. The van der Waals surface area contributed by atoms with Crippen LogP contribution < -0.4 is 10.0 Å². The van der Waals surface area contributed by atoms with Crippen LogP contribution in [0.4, 0.5) is 8.78 Å². The third-order valence-corrected chi connectivity index (χ3v) is 5.59. The Morgan fingerprint density at radius 3 is 2.68 bits per heavy atom. The van der Waals surface area contributed by atoms with E-state index in [1.54, 1.807) is 0 Å². The van der Waals surface area contributed by atoms with Crippen molar-refractivity contribution in [2.24, 2.45) is 5.92 Å². The minimum Gasteiger partial charge on any atom is -0.316 e. The lowest BCUT2D eigenvalue weighted by molar-refractivity contribution is 0.358. The normalized spacial score (nSPS) is 18.8. The molecule has 1 saturated heterocycles. The molecule has 1 aromatic rings. The van der Waals surface area contributed by atoms with Gasteiger partial charge in [0.2, 0.25) is 10.0 Å². The van der Waals surface area contributed by atoms with Crippen LogP contribution in [0.1, 0.15) is 19.3 Å². The van der Waals surface area contributed by atoms with Crippen LogP contribution >= 0.6 is 28.3 Å². The molecule has 1 atom stereocenters. The molecule has 1 aliphatic heterocycles. The van der Waals surface area contributed by atoms with Gasteiger partial charge in [0, 0.05) is 6.54 Å². The van der Waals surface area contributed by atoms with Crippen molar-refractivity contribution in [3.8, 4) is 0 Å². The summed E-state index contributed by atoms with van der Waals surface area (Å²) in [4.78, 5) is -0.662. The second-order valence-electron chi connectivity index (χ2n) is 5.10. The van der Waals surface area contributed by atoms with Crippen LogP contribution in [0, 0.1) is 17.6 Å². The molecule has 0 aromatic heterocycles. The molecule has 0 amide bonds. The SMILES string of the molecule is Cl.O=S(=O)(NCCC1CCCNC1)c1cc(F)c(Br)cc1F. The van der Waals surface area contributed by atoms with Crippen LogP contribution in [0.3, 0.4) is 0 Å². The van der Waals surface area contributed by atoms with Gasteiger partial charge in [-0.15, -0.1) is 12.4 Å². The monoisotopic (exact) mass is 418 g/mol. The van der Waals surface area contributed by atoms with Crippen molar-refractivity contribution < 1.29 is 17.2 Å². The molecule has 2 N–H and O–H groups in total. The number of hydrogen-bond acceptors (Lipinski definition) is 3. The second-order valence-corrected chi connectivity index (χ2v) is 7.69. The highest BCUT2D eigenvalue weighted by Gasteiger charge is 2.22. The highest BCUT2D eigenvalue weighted by Crippen LogP contribution is 2.23. The molecule has 0 radical (unpaired) electrons. The minimum atomic E-state index is -4.04. The number of nitrogens with one attached hydrogen (secondary N) is 2. The highest BCUT2D eigenvalue weighted by molar-refractivity contribution is 9.10. The van der Waals surface area contributed by atoms with E-state index < -0.39 is 26.6 Å². The number of hydrogen-bond donors (Lipinski definition) is 2. The molecular weight excluding hydrogens is 402 g/mol. The molecular formula is C13H18BrClF2N2O2S. The zero-order valence-electron chi connectivity index (χ0n) is 11.7. The van der Waals surface area contributed by atoms with Crippen LogP contribution in [0.25, 0.3) is 0 Å². The molecule has 22 heavy (non-hydrogen) atoms. The third kappa shape index (κ3) is 5.13. The molecule has 1 heterocycles. The van der Waals surface area contributed by atoms with Gasteiger partial charge in [0.15, 0.2) is 0 Å². The number of halogens is 4. The van der Waals surface area contributed by atoms with Crippen molar-refractivity contribution in [2.75, 3.05) is 19.6 Å². The van der Waals surface area contributed by atoms with Crippen LogP contribution in [-0.4, -0.2) is 28.1 Å². The molecule has 1 aromatic carbocycles. The van der Waals surface area contributed by atoms with E-state index in [-0.39, 0.29) is 23.4 Å². The second kappa shape index (κ2) is 8.54. The van der Waals surface area contributed by atoms with E-state index in [4.69, 9.17) is 0 Å². The molecule has 4 nitrogen and oxygen atoms in total. The van der Waals surface area contributed by atoms with Crippen LogP contribution in [0.5, 0.6) is 0 Å². The van der Waals surface area contributed by atoms with Gasteiger partial charge in [0.25, 0.3) is 0 Å². The summed E-state index contributed by atoms with van der Waals surface area (Å²) in [6.07, 6.45) is 2.80. The Kier molecular flexibility index (Phi) is 7.67. The molecule has 2 rings (SSSR count). The number of rotatable bonds is 5. The predicted octanol–water partition coefficient (Wildman–Crippen LogP) is 2.82. The van der Waals surface area contributed by atoms with Crippen molar-refractivity contribution in [1.29, 1.82) is 0 Å². The first-order valence-electron chi connectivity index (χ1n) is 6.75. The van der Waals surface area contributed by atoms with E-state index in [9.17, 15) is 17.2 Å². The van der Waals surface area contributed by atoms with Gasteiger partial charge in [-0.25, -0.2) is 21.9 Å². The zero-order valence-corrected chi connectivity index (χ0v) is 15.0. The van der Waals surface area contributed by atoms with Gasteiger partial charge >= 0.3 is 0 Å². The topological polar surface area (TPSA) is 58.2 Å². The molecule has 1 fully saturated rings. The molecule has 126 valence electrons. The average Bonchev–Trinajstić information content (AvgIpc) is 2.43. The lowest BCUT2D eigenvalue weighted by atomic mass is 9.96. The Bertz CT molecular complexity index is 610. The molecule has 0 bridgehead atoms. The summed E-state index contributed by atoms with van der Waals surface area (Å²) in [5.41, 5.74) is 0. The van der Waals surface area contributed by atoms with E-state index in [0.717, 1.165) is 32.0 Å². The van der Waals surface area contributed by atoms with Gasteiger partial charge in [0.1, 0.15) is 16.5 Å². The fraction of sp³-hybridized carbons (Fsp3) is 0.538. The molecule has 1 unspecified atom stereocenters. The van der Waals surface area contributed by atoms with E-state index in [2.05, 4.69) is 26.0 Å². The Hall–Kier alpha value is -0.280. The van der Waals surface area contributed by atoms with Gasteiger partial charge in [-0.1, -0.05) is 0 Å². The summed E-state index contributed by atoms with van der Waals surface area (Å²) in [6, 6.07) is 1.50. The quantitative estimate of drug-likeness (QED) is 0.722. The van der Waals surface area contributed by atoms with E-state index in [0.29, 0.717) is 18.4 Å². The van der Waals surface area contributed by atoms with E-state index in [1.807, 2.05) is 0 Å². The minimum absolute atomic E-state index is 0. The Labute approximate surface area is 143 Å². The Morgan fingerprint density at radius 1 is 1.32 bits per heavy atom. The lowest BCUT2D eigenvalue weighted by Crippen LogP contribution is -2.33. The lowest BCUT2D eigenvalue weighted by Gasteiger charge is -2.22. The first-order valence-corrected chi connectivity index (χ1v) is 9.02. The first kappa shape index (κ1) is 19.8. The van der Waals surface area contributed by atoms with Crippen molar-refractivity contribution in [3.63, 3.8) is 0 Å². The van der Waals surface area contributed by atoms with Crippen molar-refractivity contribution >= 4 is 38.4 Å². The van der Waals surface area contributed by atoms with Gasteiger partial charge in [-0.05, 0) is 66.3 Å². The van der Waals surface area contributed by atoms with E-state index in [1.165, 1.54) is 0 Å². The van der Waals surface area contributed by atoms with Crippen LogP contribution in [-0.2, 0) is 10.0 Å². The standard InChI is InChI=1S/C13H17BrF2N2O2S.ClH/c14-10-6-12(16)13(7-11(10)15)21(19,20)18-5-3-9-2-1-4-17-8-9;/h6-7,9,17-18H,1-5,8H2;1H. The summed E-state index contributed by atoms with van der Waals surface area (Å²) in [5.74, 6) is -1.38. The van der Waals surface area contributed by atoms with Gasteiger partial charge < -0.3 is 5.32 Å². The summed E-state index contributed by atoms with van der Waals surface area (Å²) in [6.45, 7) is 2.07. The summed E-state index contributed by atoms with van der Waals surface area (Å²) >= 11 is 2.81. The first-order chi connectivity index (χ1) is 9.90. The average molecular weight is 420 g/mol. The largest absolute Gasteiger partial charge is 0.316 e. The number of sulfonamides is 1. The Balaban J connectivity index is 0.00000242. The maximum Gasteiger partial charge on any atom is 0.243 e. The molecule has 0 saturated carbocycles. The summed E-state index contributed by atoms with van der Waals surface area (Å²) in [5, 5.41) is 3.24.